The molecule has 1 aromatic rings. The van der Waals surface area contributed by atoms with Gasteiger partial charge in [-0.3, -0.25) is 0 Å². The average molecular weight is 206 g/mol. The van der Waals surface area contributed by atoms with E-state index < -0.39 is 0 Å². The van der Waals surface area contributed by atoms with E-state index in [0.29, 0.717) is 5.92 Å². The molecule has 1 heterocycles. The molecule has 2 rings (SSSR count). The first-order valence-corrected chi connectivity index (χ1v) is 5.64. The molecule has 1 saturated heterocycles. The normalized spacial score (nSPS) is 20.9. The predicted molar refractivity (Wildman–Crippen MR) is 60.1 cm³/mol. The first kappa shape index (κ1) is 10.5. The fraction of sp³-hybridized carbons (Fsp3) is 0.538. The third-order valence-electron chi connectivity index (χ3n) is 2.70. The minimum atomic E-state index is -0.0325. The number of hydrogen-bond acceptors (Lipinski definition) is 2. The Morgan fingerprint density at radius 1 is 1.27 bits per heavy atom. The van der Waals surface area contributed by atoms with Crippen LogP contribution in [0.3, 0.4) is 0 Å². The quantitative estimate of drug-likeness (QED) is 0.755. The third kappa shape index (κ3) is 2.72. The molecule has 82 valence electrons. The zero-order valence-corrected chi connectivity index (χ0v) is 9.40. The van der Waals surface area contributed by atoms with Crippen molar-refractivity contribution >= 4 is 0 Å². The lowest BCUT2D eigenvalue weighted by Gasteiger charge is -2.13. The summed E-state index contributed by atoms with van der Waals surface area (Å²) < 4.78 is 11.1. The average Bonchev–Trinajstić information content (AvgIpc) is 2.71. The lowest BCUT2D eigenvalue weighted by atomic mass is 10.0. The largest absolute Gasteiger partial charge is 0.465 e. The highest BCUT2D eigenvalue weighted by molar-refractivity contribution is 5.28. The van der Waals surface area contributed by atoms with Crippen LogP contribution in [0.4, 0.5) is 0 Å². The molecule has 0 amide bonds. The van der Waals surface area contributed by atoms with Crippen LogP contribution in [-0.4, -0.2) is 12.9 Å². The molecule has 0 aliphatic carbocycles. The van der Waals surface area contributed by atoms with Crippen LogP contribution >= 0.6 is 0 Å². The number of rotatable bonds is 3. The Morgan fingerprint density at radius 2 is 2.00 bits per heavy atom. The molecule has 0 saturated carbocycles. The van der Waals surface area contributed by atoms with Crippen molar-refractivity contribution in [3.63, 3.8) is 0 Å². The van der Waals surface area contributed by atoms with Gasteiger partial charge in [-0.15, -0.1) is 0 Å². The van der Waals surface area contributed by atoms with E-state index in [-0.39, 0.29) is 6.29 Å². The van der Waals surface area contributed by atoms with Crippen molar-refractivity contribution in [2.24, 2.45) is 0 Å². The summed E-state index contributed by atoms with van der Waals surface area (Å²) in [6.07, 6.45) is 2.08. The highest BCUT2D eigenvalue weighted by atomic mass is 16.7. The monoisotopic (exact) mass is 206 g/mol. The molecule has 1 atom stereocenters. The summed E-state index contributed by atoms with van der Waals surface area (Å²) in [5.41, 5.74) is 1.34. The Labute approximate surface area is 91.2 Å². The molecule has 1 aromatic carbocycles. The van der Waals surface area contributed by atoms with E-state index in [1.54, 1.807) is 0 Å². The molecule has 0 aromatic heterocycles. The van der Waals surface area contributed by atoms with Crippen molar-refractivity contribution in [3.8, 4) is 5.75 Å². The van der Waals surface area contributed by atoms with Gasteiger partial charge in [-0.1, -0.05) is 26.0 Å². The Bertz CT molecular complexity index is 297. The minimum Gasteiger partial charge on any atom is -0.465 e. The van der Waals surface area contributed by atoms with Crippen molar-refractivity contribution < 1.29 is 9.47 Å². The van der Waals surface area contributed by atoms with Gasteiger partial charge >= 0.3 is 0 Å². The lowest BCUT2D eigenvalue weighted by Crippen LogP contribution is -2.13. The zero-order valence-electron chi connectivity index (χ0n) is 9.40. The molecule has 0 N–H and O–H groups in total. The highest BCUT2D eigenvalue weighted by Crippen LogP contribution is 2.22. The molecule has 1 aliphatic rings. The van der Waals surface area contributed by atoms with Crippen LogP contribution in [0.5, 0.6) is 5.75 Å². The highest BCUT2D eigenvalue weighted by Gasteiger charge is 2.16. The van der Waals surface area contributed by atoms with Crippen LogP contribution in [0.25, 0.3) is 0 Å². The first-order valence-electron chi connectivity index (χ1n) is 5.64. The van der Waals surface area contributed by atoms with Crippen LogP contribution in [0.1, 0.15) is 38.2 Å². The van der Waals surface area contributed by atoms with Gasteiger partial charge in [0.05, 0.1) is 6.61 Å². The fourth-order valence-electron chi connectivity index (χ4n) is 1.72. The molecule has 15 heavy (non-hydrogen) atoms. The Kier molecular flexibility index (Phi) is 3.27. The summed E-state index contributed by atoms with van der Waals surface area (Å²) in [6, 6.07) is 8.29. The predicted octanol–water partition coefficient (Wildman–Crippen LogP) is 3.33. The van der Waals surface area contributed by atoms with E-state index in [1.165, 1.54) is 5.56 Å². The maximum Gasteiger partial charge on any atom is 0.199 e. The van der Waals surface area contributed by atoms with E-state index in [4.69, 9.17) is 9.47 Å². The summed E-state index contributed by atoms with van der Waals surface area (Å²) in [5.74, 6) is 1.48. The van der Waals surface area contributed by atoms with Gasteiger partial charge in [-0.2, -0.15) is 0 Å². The number of ether oxygens (including phenoxy) is 2. The smallest absolute Gasteiger partial charge is 0.199 e. The topological polar surface area (TPSA) is 18.5 Å². The summed E-state index contributed by atoms with van der Waals surface area (Å²) in [6.45, 7) is 5.21. The van der Waals surface area contributed by atoms with Gasteiger partial charge in [0.1, 0.15) is 5.75 Å². The van der Waals surface area contributed by atoms with Crippen LogP contribution in [0.15, 0.2) is 24.3 Å². The fourth-order valence-corrected chi connectivity index (χ4v) is 1.72. The Hall–Kier alpha value is -1.02. The third-order valence-corrected chi connectivity index (χ3v) is 2.70. The summed E-state index contributed by atoms with van der Waals surface area (Å²) in [5, 5.41) is 0. The number of hydrogen-bond donors (Lipinski definition) is 0. The first-order chi connectivity index (χ1) is 7.25. The van der Waals surface area contributed by atoms with Crippen LogP contribution in [0, 0.1) is 0 Å². The van der Waals surface area contributed by atoms with Crippen molar-refractivity contribution in [3.05, 3.63) is 29.8 Å². The van der Waals surface area contributed by atoms with Gasteiger partial charge in [0.2, 0.25) is 0 Å². The van der Waals surface area contributed by atoms with E-state index in [2.05, 4.69) is 26.0 Å². The summed E-state index contributed by atoms with van der Waals surface area (Å²) >= 11 is 0. The Balaban J connectivity index is 1.97. The SMILES string of the molecule is CC(C)c1ccc(O[C@@H]2CCCO2)cc1. The van der Waals surface area contributed by atoms with Gasteiger partial charge in [-0.25, -0.2) is 0 Å². The van der Waals surface area contributed by atoms with Gasteiger partial charge in [0, 0.05) is 6.42 Å². The van der Waals surface area contributed by atoms with E-state index in [0.717, 1.165) is 25.2 Å². The van der Waals surface area contributed by atoms with Gasteiger partial charge in [0.25, 0.3) is 0 Å². The van der Waals surface area contributed by atoms with Crippen LogP contribution in [-0.2, 0) is 4.74 Å². The number of benzene rings is 1. The molecular weight excluding hydrogens is 188 g/mol. The molecule has 0 spiro atoms. The van der Waals surface area contributed by atoms with Gasteiger partial charge in [-0.05, 0) is 30.0 Å². The van der Waals surface area contributed by atoms with E-state index >= 15 is 0 Å². The standard InChI is InChI=1S/C13H18O2/c1-10(2)11-5-7-12(8-6-11)15-13-4-3-9-14-13/h5-8,10,13H,3-4,9H2,1-2H3/t13-/m1/s1. The van der Waals surface area contributed by atoms with Gasteiger partial charge in [0.15, 0.2) is 6.29 Å². The maximum absolute atomic E-state index is 5.69. The minimum absolute atomic E-state index is 0.0325. The summed E-state index contributed by atoms with van der Waals surface area (Å²) in [7, 11) is 0. The Morgan fingerprint density at radius 3 is 2.53 bits per heavy atom. The lowest BCUT2D eigenvalue weighted by molar-refractivity contribution is -0.0390. The van der Waals surface area contributed by atoms with E-state index in [1.807, 2.05) is 12.1 Å². The summed E-state index contributed by atoms with van der Waals surface area (Å²) in [4.78, 5) is 0. The maximum atomic E-state index is 5.69. The van der Waals surface area contributed by atoms with Crippen molar-refractivity contribution in [1.82, 2.24) is 0 Å². The van der Waals surface area contributed by atoms with Crippen molar-refractivity contribution in [2.45, 2.75) is 38.9 Å². The molecule has 1 fully saturated rings. The van der Waals surface area contributed by atoms with E-state index in [9.17, 15) is 0 Å². The van der Waals surface area contributed by atoms with Crippen molar-refractivity contribution in [1.29, 1.82) is 0 Å². The van der Waals surface area contributed by atoms with Gasteiger partial charge < -0.3 is 9.47 Å². The molecule has 2 nitrogen and oxygen atoms in total. The second-order valence-corrected chi connectivity index (χ2v) is 4.28. The second kappa shape index (κ2) is 4.67. The van der Waals surface area contributed by atoms with Crippen LogP contribution < -0.4 is 4.74 Å². The molecule has 0 unspecified atom stereocenters. The second-order valence-electron chi connectivity index (χ2n) is 4.28. The zero-order chi connectivity index (χ0) is 10.7. The molecule has 0 radical (unpaired) electrons. The molecule has 2 heteroatoms. The molecule has 1 aliphatic heterocycles. The molecular formula is C13H18O2. The van der Waals surface area contributed by atoms with Crippen LogP contribution in [0.2, 0.25) is 0 Å². The van der Waals surface area contributed by atoms with Crippen molar-refractivity contribution in [2.75, 3.05) is 6.61 Å². The molecule has 0 bridgehead atoms.